The molecule has 0 aromatic carbocycles. The largest absolute Gasteiger partial charge is 0.470 e. The lowest BCUT2D eigenvalue weighted by molar-refractivity contribution is -0.276. The average Bonchev–Trinajstić information content (AvgIpc) is 2.18. The van der Waals surface area contributed by atoms with Crippen LogP contribution < -0.4 is 0 Å². The zero-order chi connectivity index (χ0) is 11.6. The van der Waals surface area contributed by atoms with Gasteiger partial charge in [0, 0.05) is 0 Å². The predicted octanol–water partition coefficient (Wildman–Crippen LogP) is -2.11. The summed E-state index contributed by atoms with van der Waals surface area (Å²) in [5.74, 6) is 0. The maximum absolute atomic E-state index is 10.2. The van der Waals surface area contributed by atoms with Gasteiger partial charge < -0.3 is 25.2 Å². The summed E-state index contributed by atoms with van der Waals surface area (Å²) in [4.78, 5) is 0. The molecule has 4 N–H and O–H groups in total. The maximum atomic E-state index is 10.2. The van der Waals surface area contributed by atoms with Gasteiger partial charge in [0.1, 0.15) is 24.4 Å². The van der Waals surface area contributed by atoms with Crippen LogP contribution in [-0.2, 0) is 18.4 Å². The topological polar surface area (TPSA) is 134 Å². The Bertz CT molecular complexity index is 268. The van der Waals surface area contributed by atoms with Crippen molar-refractivity contribution in [3.8, 4) is 0 Å². The molecule has 0 aromatic rings. The minimum Gasteiger partial charge on any atom is -0.394 e. The van der Waals surface area contributed by atoms with Crippen molar-refractivity contribution < 1.29 is 38.8 Å². The molecule has 0 saturated carbocycles. The van der Waals surface area contributed by atoms with Crippen LogP contribution >= 0.6 is 7.91 Å². The van der Waals surface area contributed by atoms with Crippen LogP contribution in [0.2, 0.25) is 0 Å². The van der Waals surface area contributed by atoms with Crippen molar-refractivity contribution in [3.63, 3.8) is 0 Å². The van der Waals surface area contributed by atoms with Crippen LogP contribution in [0.4, 0.5) is 0 Å². The zero-order valence-corrected chi connectivity index (χ0v) is 8.36. The van der Waals surface area contributed by atoms with Gasteiger partial charge in [-0.15, -0.1) is 0 Å². The molecule has 0 bridgehead atoms. The second kappa shape index (κ2) is 5.13. The summed E-state index contributed by atoms with van der Waals surface area (Å²) in [6.07, 6.45) is -7.68. The fraction of sp³-hybridized carbons (Fsp3) is 1.00. The smallest absolute Gasteiger partial charge is 0.394 e. The highest BCUT2D eigenvalue weighted by Crippen LogP contribution is 2.25. The van der Waals surface area contributed by atoms with Crippen molar-refractivity contribution in [1.29, 1.82) is 0 Å². The molecule has 9 heteroatoms. The molecule has 88 valence electrons. The summed E-state index contributed by atoms with van der Waals surface area (Å²) >= 11 is 0. The molecule has 1 saturated heterocycles. The van der Waals surface area contributed by atoms with E-state index in [1.54, 1.807) is 0 Å². The second-order valence-electron chi connectivity index (χ2n) is 3.03. The summed E-state index contributed by atoms with van der Waals surface area (Å²) in [6.45, 7) is -0.638. The van der Waals surface area contributed by atoms with Crippen LogP contribution in [0.15, 0.2) is 0 Å². The Kier molecular flexibility index (Phi) is 4.35. The molecule has 0 spiro atoms. The van der Waals surface area contributed by atoms with E-state index in [9.17, 15) is 24.4 Å². The highest BCUT2D eigenvalue weighted by Gasteiger charge is 2.44. The Hall–Kier alpha value is -0.340. The van der Waals surface area contributed by atoms with Gasteiger partial charge in [0.05, 0.1) is 6.61 Å². The molecule has 1 fully saturated rings. The van der Waals surface area contributed by atoms with Crippen molar-refractivity contribution in [2.24, 2.45) is 0 Å². The van der Waals surface area contributed by atoms with Crippen molar-refractivity contribution in [3.05, 3.63) is 0 Å². The molecule has 8 nitrogen and oxygen atoms in total. The Labute approximate surface area is 85.0 Å². The van der Waals surface area contributed by atoms with E-state index >= 15 is 0 Å². The minimum absolute atomic E-state index is 0.638. The van der Waals surface area contributed by atoms with Gasteiger partial charge in [-0.1, -0.05) is 0 Å². The summed E-state index contributed by atoms with van der Waals surface area (Å²) in [6, 6.07) is 0. The molecule has 15 heavy (non-hydrogen) atoms. The third-order valence-electron chi connectivity index (χ3n) is 2.04. The fourth-order valence-corrected chi connectivity index (χ4v) is 1.58. The Morgan fingerprint density at radius 2 is 1.73 bits per heavy atom. The summed E-state index contributed by atoms with van der Waals surface area (Å²) < 4.78 is 29.3. The monoisotopic (exact) mass is 242 g/mol. The number of aliphatic hydroxyl groups excluding tert-OH is 4. The van der Waals surface area contributed by atoms with Gasteiger partial charge >= 0.3 is 7.91 Å². The van der Waals surface area contributed by atoms with Gasteiger partial charge in [-0.25, -0.2) is 13.7 Å². The molecule has 1 aliphatic heterocycles. The van der Waals surface area contributed by atoms with E-state index in [0.29, 0.717) is 0 Å². The zero-order valence-electron chi connectivity index (χ0n) is 7.46. The molecule has 0 aromatic heterocycles. The minimum atomic E-state index is -3.27. The highest BCUT2D eigenvalue weighted by atomic mass is 31.1. The third kappa shape index (κ3) is 2.82. The first-order valence-electron chi connectivity index (χ1n) is 4.09. The molecule has 0 radical (unpaired) electrons. The number of ether oxygens (including phenoxy) is 1. The maximum Gasteiger partial charge on any atom is 0.470 e. The van der Waals surface area contributed by atoms with E-state index in [1.807, 2.05) is 0 Å². The molecule has 0 unspecified atom stereocenters. The van der Waals surface area contributed by atoms with E-state index in [-0.39, 0.29) is 0 Å². The van der Waals surface area contributed by atoms with Crippen LogP contribution in [0.5, 0.6) is 0 Å². The van der Waals surface area contributed by atoms with Gasteiger partial charge in [-0.05, 0) is 0 Å². The molecule has 5 atom stereocenters. The van der Waals surface area contributed by atoms with Gasteiger partial charge in [-0.3, -0.25) is 0 Å². The van der Waals surface area contributed by atoms with Crippen LogP contribution in [0.1, 0.15) is 0 Å². The second-order valence-corrected chi connectivity index (χ2v) is 3.68. The van der Waals surface area contributed by atoms with Gasteiger partial charge in [-0.2, -0.15) is 0 Å². The van der Waals surface area contributed by atoms with Gasteiger partial charge in [0.15, 0.2) is 0 Å². The quantitative estimate of drug-likeness (QED) is 0.413. The number of rotatable bonds is 3. The van der Waals surface area contributed by atoms with Crippen LogP contribution in [-0.4, -0.2) is 57.7 Å². The van der Waals surface area contributed by atoms with Gasteiger partial charge in [0.25, 0.3) is 0 Å². The SMILES string of the molecule is O=P(=O)O[C@H]1O[C@H](CO)[C@@H](O)[C@H](O)[C@@H]1O. The molecule has 1 aliphatic rings. The molecular formula is C6H11O8P. The van der Waals surface area contributed by atoms with Crippen molar-refractivity contribution in [2.75, 3.05) is 6.61 Å². The molecular weight excluding hydrogens is 231 g/mol. The third-order valence-corrected chi connectivity index (χ3v) is 2.42. The first-order valence-corrected chi connectivity index (χ1v) is 5.18. The van der Waals surface area contributed by atoms with Crippen LogP contribution in [0.25, 0.3) is 0 Å². The number of hydrogen-bond donors (Lipinski definition) is 4. The van der Waals surface area contributed by atoms with Crippen molar-refractivity contribution >= 4 is 7.91 Å². The standard InChI is InChI=1S/C6H11O8P/c7-1-2-3(8)4(9)5(10)6(13-2)14-15(11)12/h2-10H,1H2/t2-,3-,4+,5+,6-/m1/s1. The lowest BCUT2D eigenvalue weighted by Crippen LogP contribution is -2.58. The number of aliphatic hydroxyl groups is 4. The van der Waals surface area contributed by atoms with E-state index < -0.39 is 45.2 Å². The van der Waals surface area contributed by atoms with E-state index in [4.69, 9.17) is 9.84 Å². The summed E-state index contributed by atoms with van der Waals surface area (Å²) in [5, 5.41) is 36.5. The first kappa shape index (κ1) is 12.7. The lowest BCUT2D eigenvalue weighted by atomic mass is 10.00. The molecule has 1 rings (SSSR count). The molecule has 0 aliphatic carbocycles. The first-order chi connectivity index (χ1) is 6.97. The Morgan fingerprint density at radius 3 is 2.20 bits per heavy atom. The normalized spacial score (nSPS) is 41.5. The summed E-state index contributed by atoms with van der Waals surface area (Å²) in [5.41, 5.74) is 0. The van der Waals surface area contributed by atoms with Crippen molar-refractivity contribution in [2.45, 2.75) is 30.7 Å². The van der Waals surface area contributed by atoms with Gasteiger partial charge in [0.2, 0.25) is 6.29 Å². The fourth-order valence-electron chi connectivity index (χ4n) is 1.24. The van der Waals surface area contributed by atoms with E-state index in [0.717, 1.165) is 0 Å². The van der Waals surface area contributed by atoms with Crippen LogP contribution in [0.3, 0.4) is 0 Å². The molecule has 0 amide bonds. The predicted molar refractivity (Wildman–Crippen MR) is 43.1 cm³/mol. The number of hydrogen-bond acceptors (Lipinski definition) is 8. The van der Waals surface area contributed by atoms with Crippen molar-refractivity contribution in [1.82, 2.24) is 0 Å². The molecule has 1 heterocycles. The van der Waals surface area contributed by atoms with E-state index in [2.05, 4.69) is 4.52 Å². The Balaban J connectivity index is 2.73. The average molecular weight is 242 g/mol. The Morgan fingerprint density at radius 1 is 1.13 bits per heavy atom. The van der Waals surface area contributed by atoms with Crippen LogP contribution in [0, 0.1) is 0 Å². The van der Waals surface area contributed by atoms with E-state index in [1.165, 1.54) is 0 Å². The summed E-state index contributed by atoms with van der Waals surface area (Å²) in [7, 11) is -3.27. The highest BCUT2D eigenvalue weighted by molar-refractivity contribution is 7.24. The lowest BCUT2D eigenvalue weighted by Gasteiger charge is -2.38.